The zero-order valence-electron chi connectivity index (χ0n) is 8.60. The number of carbonyl (C=O) groups is 2. The molecule has 0 saturated carbocycles. The van der Waals surface area contributed by atoms with Gasteiger partial charge in [-0.3, -0.25) is 14.2 Å². The van der Waals surface area contributed by atoms with E-state index in [2.05, 4.69) is 34.7 Å². The third-order valence-corrected chi connectivity index (χ3v) is 1.73. The van der Waals surface area contributed by atoms with Crippen molar-refractivity contribution < 1.29 is 78.2 Å². The third-order valence-electron chi connectivity index (χ3n) is 1.18. The second-order valence-electron chi connectivity index (χ2n) is 1.89. The molecule has 70 valence electrons. The fourth-order valence-corrected chi connectivity index (χ4v) is 1.02. The third kappa shape index (κ3) is 7.00. The summed E-state index contributed by atoms with van der Waals surface area (Å²) in [5.41, 5.74) is 0. The Bertz CT molecular complexity index is 173. The van der Waals surface area contributed by atoms with Gasteiger partial charge in [-0.2, -0.15) is 0 Å². The fourth-order valence-electron chi connectivity index (χ4n) is 0.572. The minimum Gasteiger partial charge on any atom is -0.813 e. The Kier molecular flexibility index (Phi) is 16.7. The summed E-state index contributed by atoms with van der Waals surface area (Å²) in [7, 11) is 2.32. The van der Waals surface area contributed by atoms with Crippen LogP contribution in [0, 0.1) is 5.92 Å². The van der Waals surface area contributed by atoms with Crippen molar-refractivity contribution in [3.63, 3.8) is 0 Å². The van der Waals surface area contributed by atoms with Gasteiger partial charge in [-0.05, 0) is 0 Å². The molecule has 0 aliphatic heterocycles. The van der Waals surface area contributed by atoms with E-state index in [0.29, 0.717) is 0 Å². The summed E-state index contributed by atoms with van der Waals surface area (Å²) >= 11 is 9.20. The zero-order chi connectivity index (χ0) is 9.72. The van der Waals surface area contributed by atoms with Gasteiger partial charge in [0.05, 0.1) is 14.2 Å². The molecule has 0 aromatic rings. The van der Waals surface area contributed by atoms with Crippen LogP contribution in [0.25, 0.3) is 0 Å². The molecule has 0 heterocycles. The van der Waals surface area contributed by atoms with Gasteiger partial charge in [0.2, 0.25) is 0 Å². The predicted octanol–water partition coefficient (Wildman–Crippen LogP) is -6.62. The molecule has 0 fully saturated rings. The van der Waals surface area contributed by atoms with Crippen molar-refractivity contribution in [1.82, 2.24) is 0 Å². The number of carbonyl (C=O) groups excluding carboxylic acids is 2. The van der Waals surface area contributed by atoms with E-state index in [1.807, 2.05) is 0 Å². The van der Waals surface area contributed by atoms with Crippen molar-refractivity contribution in [1.29, 1.82) is 0 Å². The fraction of sp³-hybridized carbons (Fsp3) is 0.667. The molecular weight excluding hydrogens is 246 g/mol. The van der Waals surface area contributed by atoms with E-state index in [1.54, 1.807) is 0 Å². The van der Waals surface area contributed by atoms with Gasteiger partial charge in [0.25, 0.3) is 0 Å². The van der Waals surface area contributed by atoms with Gasteiger partial charge in [0.15, 0.2) is 0 Å². The summed E-state index contributed by atoms with van der Waals surface area (Å²) in [5.74, 6) is -2.68. The average Bonchev–Trinajstić information content (AvgIpc) is 2.03. The minimum atomic E-state index is -1.18. The molecule has 0 aliphatic carbocycles. The van der Waals surface area contributed by atoms with Crippen molar-refractivity contribution in [3.8, 4) is 0 Å². The second kappa shape index (κ2) is 11.1. The summed E-state index contributed by atoms with van der Waals surface area (Å²) in [4.78, 5) is 21.8. The van der Waals surface area contributed by atoms with E-state index in [0.717, 1.165) is 14.2 Å². The molecule has 0 aromatic heterocycles. The molecule has 0 aromatic carbocycles. The van der Waals surface area contributed by atoms with Crippen LogP contribution in [0.1, 0.15) is 0 Å². The predicted molar refractivity (Wildman–Crippen MR) is 46.0 cm³/mol. The number of hydrogen-bond donors (Lipinski definition) is 0. The van der Waals surface area contributed by atoms with Crippen LogP contribution < -0.4 is 59.1 Å². The first-order chi connectivity index (χ1) is 5.54. The van der Waals surface area contributed by atoms with E-state index in [4.69, 9.17) is 0 Å². The molecule has 0 atom stereocenters. The van der Waals surface area contributed by atoms with Crippen LogP contribution in [-0.4, -0.2) is 30.7 Å². The molecule has 0 spiro atoms. The Morgan fingerprint density at radius 2 is 1.29 bits per heavy atom. The van der Waals surface area contributed by atoms with Crippen molar-refractivity contribution in [3.05, 3.63) is 0 Å². The SMILES string of the molecule is COC(=O)C(C(=O)OC)C([S-])[S-].[Na+].[Na+]. The molecule has 0 N–H and O–H groups in total. The molecule has 0 aliphatic rings. The van der Waals surface area contributed by atoms with Crippen molar-refractivity contribution in [2.45, 2.75) is 4.58 Å². The molecule has 8 heteroatoms. The molecule has 0 saturated heterocycles. The Balaban J connectivity index is -0.000000605. The van der Waals surface area contributed by atoms with Gasteiger partial charge in [-0.1, -0.05) is 0 Å². The van der Waals surface area contributed by atoms with Crippen LogP contribution in [0.2, 0.25) is 0 Å². The molecule has 0 bridgehead atoms. The number of hydrogen-bond acceptors (Lipinski definition) is 6. The van der Waals surface area contributed by atoms with Gasteiger partial charge >= 0.3 is 71.1 Å². The van der Waals surface area contributed by atoms with E-state index in [-0.39, 0.29) is 59.1 Å². The van der Waals surface area contributed by atoms with Crippen molar-refractivity contribution in [2.75, 3.05) is 14.2 Å². The summed E-state index contributed by atoms with van der Waals surface area (Å²) in [6, 6.07) is 0. The maximum absolute atomic E-state index is 10.9. The first kappa shape index (κ1) is 21.0. The minimum absolute atomic E-state index is 0. The Morgan fingerprint density at radius 1 is 1.00 bits per heavy atom. The molecule has 0 rings (SSSR count). The monoisotopic (exact) mass is 254 g/mol. The summed E-state index contributed by atoms with van der Waals surface area (Å²) in [6.45, 7) is 0. The Labute approximate surface area is 138 Å². The van der Waals surface area contributed by atoms with Gasteiger partial charge in [-0.25, -0.2) is 0 Å². The smallest absolute Gasteiger partial charge is 0.813 e. The quantitative estimate of drug-likeness (QED) is 0.216. The number of ether oxygens (including phenoxy) is 2. The first-order valence-electron chi connectivity index (χ1n) is 3.02. The van der Waals surface area contributed by atoms with Crippen LogP contribution in [0.4, 0.5) is 0 Å². The molecule has 0 unspecified atom stereocenters. The van der Waals surface area contributed by atoms with Crippen molar-refractivity contribution >= 4 is 37.2 Å². The van der Waals surface area contributed by atoms with Gasteiger partial charge in [0.1, 0.15) is 5.92 Å². The Hall–Kier alpha value is 1.64. The molecule has 0 amide bonds. The van der Waals surface area contributed by atoms with E-state index < -0.39 is 22.4 Å². The summed E-state index contributed by atoms with van der Waals surface area (Å²) in [5, 5.41) is 0. The number of rotatable bonds is 3. The molecular formula is C6H8Na2O4S2. The van der Waals surface area contributed by atoms with Crippen LogP contribution in [0.15, 0.2) is 0 Å². The van der Waals surface area contributed by atoms with Gasteiger partial charge in [0, 0.05) is 0 Å². The molecule has 14 heavy (non-hydrogen) atoms. The standard InChI is InChI=1S/C6H10O4S2.2Na/c1-9-4(7)3(6(11)12)5(8)10-2;;/h3,6,11-12H,1-2H3;;/q;2*+1/p-2. The van der Waals surface area contributed by atoms with Crippen LogP contribution in [-0.2, 0) is 44.3 Å². The number of esters is 2. The first-order valence-corrected chi connectivity index (χ1v) is 3.96. The molecule has 4 nitrogen and oxygen atoms in total. The Morgan fingerprint density at radius 3 is 1.43 bits per heavy atom. The van der Waals surface area contributed by atoms with Crippen molar-refractivity contribution in [2.24, 2.45) is 5.92 Å². The van der Waals surface area contributed by atoms with Crippen LogP contribution in [0.3, 0.4) is 0 Å². The summed E-state index contributed by atoms with van der Waals surface area (Å²) < 4.78 is 7.71. The number of methoxy groups -OCH3 is 2. The van der Waals surface area contributed by atoms with E-state index in [1.165, 1.54) is 0 Å². The zero-order valence-corrected chi connectivity index (χ0v) is 14.2. The van der Waals surface area contributed by atoms with E-state index >= 15 is 0 Å². The largest absolute Gasteiger partial charge is 1.00 e. The average molecular weight is 254 g/mol. The van der Waals surface area contributed by atoms with E-state index in [9.17, 15) is 9.59 Å². The van der Waals surface area contributed by atoms with Crippen LogP contribution >= 0.6 is 0 Å². The van der Waals surface area contributed by atoms with Gasteiger partial charge in [-0.15, -0.1) is 0 Å². The van der Waals surface area contributed by atoms with Crippen LogP contribution in [0.5, 0.6) is 0 Å². The molecule has 0 radical (unpaired) electrons. The summed E-state index contributed by atoms with van der Waals surface area (Å²) in [6.07, 6.45) is 0. The maximum Gasteiger partial charge on any atom is 1.00 e. The maximum atomic E-state index is 10.9. The topological polar surface area (TPSA) is 52.6 Å². The van der Waals surface area contributed by atoms with Gasteiger partial charge < -0.3 is 34.7 Å². The normalized spacial score (nSPS) is 8.71. The second-order valence-corrected chi connectivity index (χ2v) is 3.21.